The van der Waals surface area contributed by atoms with Crippen LogP contribution in [0.15, 0.2) is 41.1 Å². The van der Waals surface area contributed by atoms with Crippen molar-refractivity contribution in [2.75, 3.05) is 6.54 Å². The number of allylic oxidation sites excluding steroid dienone is 2. The predicted molar refractivity (Wildman–Crippen MR) is 78.7 cm³/mol. The lowest BCUT2D eigenvalue weighted by Gasteiger charge is -2.17. The van der Waals surface area contributed by atoms with Crippen molar-refractivity contribution in [1.82, 2.24) is 20.4 Å². The summed E-state index contributed by atoms with van der Waals surface area (Å²) in [4.78, 5) is 20.3. The molecule has 112 valence electrons. The number of hydrogen-bond acceptors (Lipinski definition) is 5. The number of amides is 1. The molecule has 2 aromatic heterocycles. The second kappa shape index (κ2) is 5.36. The highest BCUT2D eigenvalue weighted by atomic mass is 16.5. The highest BCUT2D eigenvalue weighted by Crippen LogP contribution is 2.42. The van der Waals surface area contributed by atoms with Gasteiger partial charge in [-0.2, -0.15) is 4.98 Å². The fourth-order valence-electron chi connectivity index (χ4n) is 3.34. The number of carbonyl (C=O) groups excluding carboxylic acids is 1. The second-order valence-corrected chi connectivity index (χ2v) is 5.89. The first-order chi connectivity index (χ1) is 10.8. The minimum Gasteiger partial charge on any atom is -0.348 e. The van der Waals surface area contributed by atoms with Gasteiger partial charge in [-0.05, 0) is 42.7 Å². The Morgan fingerprint density at radius 1 is 1.32 bits per heavy atom. The van der Waals surface area contributed by atoms with Crippen LogP contribution in [0.1, 0.15) is 23.5 Å². The van der Waals surface area contributed by atoms with E-state index in [1.54, 1.807) is 18.3 Å². The van der Waals surface area contributed by atoms with E-state index in [1.807, 2.05) is 6.07 Å². The van der Waals surface area contributed by atoms with Crippen molar-refractivity contribution in [3.63, 3.8) is 0 Å². The number of fused-ring (bicyclic) bond motifs is 2. The summed E-state index contributed by atoms with van der Waals surface area (Å²) in [6.07, 6.45) is 8.60. The SMILES string of the molecule is O=C(NCC1CC2C=CC1C2)c1nc(-c2ccccn2)no1. The molecule has 1 amide bonds. The third-order valence-corrected chi connectivity index (χ3v) is 4.46. The van der Waals surface area contributed by atoms with E-state index in [4.69, 9.17) is 4.52 Å². The summed E-state index contributed by atoms with van der Waals surface area (Å²) >= 11 is 0. The number of carbonyl (C=O) groups is 1. The number of nitrogens with zero attached hydrogens (tertiary/aromatic N) is 3. The predicted octanol–water partition coefficient (Wildman–Crippen LogP) is 2.07. The zero-order valence-corrected chi connectivity index (χ0v) is 12.0. The highest BCUT2D eigenvalue weighted by molar-refractivity contribution is 5.89. The Kier molecular flexibility index (Phi) is 3.21. The maximum atomic E-state index is 12.1. The van der Waals surface area contributed by atoms with Gasteiger partial charge in [-0.15, -0.1) is 0 Å². The number of nitrogens with one attached hydrogen (secondary N) is 1. The fraction of sp³-hybridized carbons (Fsp3) is 0.375. The molecule has 0 spiro atoms. The Hall–Kier alpha value is -2.50. The van der Waals surface area contributed by atoms with Crippen LogP contribution in [0, 0.1) is 17.8 Å². The van der Waals surface area contributed by atoms with E-state index in [9.17, 15) is 4.79 Å². The van der Waals surface area contributed by atoms with Gasteiger partial charge in [0.1, 0.15) is 5.69 Å². The van der Waals surface area contributed by atoms with Gasteiger partial charge in [0.2, 0.25) is 5.82 Å². The van der Waals surface area contributed by atoms with Gasteiger partial charge in [-0.25, -0.2) is 0 Å². The van der Waals surface area contributed by atoms with E-state index >= 15 is 0 Å². The zero-order valence-electron chi connectivity index (χ0n) is 12.0. The van der Waals surface area contributed by atoms with E-state index in [0.29, 0.717) is 35.8 Å². The van der Waals surface area contributed by atoms with Gasteiger partial charge >= 0.3 is 11.8 Å². The van der Waals surface area contributed by atoms with Crippen molar-refractivity contribution in [3.8, 4) is 11.5 Å². The molecule has 6 heteroatoms. The molecule has 2 bridgehead atoms. The monoisotopic (exact) mass is 296 g/mol. The zero-order chi connectivity index (χ0) is 14.9. The number of rotatable bonds is 4. The maximum absolute atomic E-state index is 12.1. The minimum atomic E-state index is -0.318. The molecule has 2 aromatic rings. The normalized spacial score (nSPS) is 25.5. The van der Waals surface area contributed by atoms with E-state index in [-0.39, 0.29) is 11.8 Å². The Labute approximate surface area is 127 Å². The van der Waals surface area contributed by atoms with Crippen LogP contribution in [0.25, 0.3) is 11.5 Å². The van der Waals surface area contributed by atoms with Crippen LogP contribution >= 0.6 is 0 Å². The molecule has 0 aromatic carbocycles. The Morgan fingerprint density at radius 2 is 2.27 bits per heavy atom. The van der Waals surface area contributed by atoms with Crippen molar-refractivity contribution in [1.29, 1.82) is 0 Å². The molecule has 2 aliphatic rings. The van der Waals surface area contributed by atoms with Crippen molar-refractivity contribution in [2.45, 2.75) is 12.8 Å². The quantitative estimate of drug-likeness (QED) is 0.874. The Bertz CT molecular complexity index is 710. The molecule has 3 atom stereocenters. The first-order valence-corrected chi connectivity index (χ1v) is 7.51. The Balaban J connectivity index is 1.39. The van der Waals surface area contributed by atoms with Crippen LogP contribution in [-0.2, 0) is 0 Å². The summed E-state index contributed by atoms with van der Waals surface area (Å²) in [5.74, 6) is 1.83. The minimum absolute atomic E-state index is 0.0145. The molecule has 3 unspecified atom stereocenters. The molecular weight excluding hydrogens is 280 g/mol. The average Bonchev–Trinajstić information content (AvgIpc) is 3.29. The lowest BCUT2D eigenvalue weighted by molar-refractivity contribution is 0.0901. The second-order valence-electron chi connectivity index (χ2n) is 5.89. The van der Waals surface area contributed by atoms with Crippen LogP contribution in [-0.4, -0.2) is 27.6 Å². The molecule has 22 heavy (non-hydrogen) atoms. The van der Waals surface area contributed by atoms with Gasteiger partial charge in [-0.3, -0.25) is 9.78 Å². The molecule has 0 aliphatic heterocycles. The van der Waals surface area contributed by atoms with E-state index < -0.39 is 0 Å². The molecule has 2 heterocycles. The smallest absolute Gasteiger partial charge is 0.316 e. The van der Waals surface area contributed by atoms with Gasteiger partial charge < -0.3 is 9.84 Å². The van der Waals surface area contributed by atoms with Crippen LogP contribution in [0.4, 0.5) is 0 Å². The lowest BCUT2D eigenvalue weighted by atomic mass is 9.94. The molecule has 4 rings (SSSR count). The molecule has 1 saturated carbocycles. The van der Waals surface area contributed by atoms with Gasteiger partial charge in [0.05, 0.1) is 0 Å². The lowest BCUT2D eigenvalue weighted by Crippen LogP contribution is -2.31. The average molecular weight is 296 g/mol. The van der Waals surface area contributed by atoms with E-state index in [0.717, 1.165) is 6.42 Å². The molecule has 6 nitrogen and oxygen atoms in total. The molecule has 2 aliphatic carbocycles. The molecule has 1 N–H and O–H groups in total. The molecule has 1 fully saturated rings. The standard InChI is InChI=1S/C16H16N4O2/c21-15(18-9-12-8-10-4-5-11(12)7-10)16-19-14(20-22-16)13-3-1-2-6-17-13/h1-6,10-12H,7-9H2,(H,18,21). The van der Waals surface area contributed by atoms with Gasteiger partial charge in [0, 0.05) is 12.7 Å². The third kappa shape index (κ3) is 2.41. The number of hydrogen-bond donors (Lipinski definition) is 1. The molecule has 0 saturated heterocycles. The first kappa shape index (κ1) is 13.2. The summed E-state index contributed by atoms with van der Waals surface area (Å²) in [5.41, 5.74) is 0.587. The fourth-order valence-corrected chi connectivity index (χ4v) is 3.34. The van der Waals surface area contributed by atoms with Gasteiger partial charge in [0.25, 0.3) is 0 Å². The highest BCUT2D eigenvalue weighted by Gasteiger charge is 2.35. The summed E-state index contributed by atoms with van der Waals surface area (Å²) in [5, 5.41) is 6.71. The summed E-state index contributed by atoms with van der Waals surface area (Å²) in [7, 11) is 0. The molecular formula is C16H16N4O2. The van der Waals surface area contributed by atoms with E-state index in [1.165, 1.54) is 6.42 Å². The van der Waals surface area contributed by atoms with Crippen LogP contribution in [0.3, 0.4) is 0 Å². The van der Waals surface area contributed by atoms with Crippen molar-refractivity contribution >= 4 is 5.91 Å². The van der Waals surface area contributed by atoms with Crippen molar-refractivity contribution in [3.05, 3.63) is 42.4 Å². The first-order valence-electron chi connectivity index (χ1n) is 7.51. The third-order valence-electron chi connectivity index (χ3n) is 4.46. The molecule has 0 radical (unpaired) electrons. The van der Waals surface area contributed by atoms with Gasteiger partial charge in [-0.1, -0.05) is 23.4 Å². The van der Waals surface area contributed by atoms with Gasteiger partial charge in [0.15, 0.2) is 0 Å². The summed E-state index contributed by atoms with van der Waals surface area (Å²) in [6, 6.07) is 5.41. The van der Waals surface area contributed by atoms with Crippen molar-refractivity contribution in [2.24, 2.45) is 17.8 Å². The van der Waals surface area contributed by atoms with Crippen LogP contribution in [0.5, 0.6) is 0 Å². The maximum Gasteiger partial charge on any atom is 0.316 e. The van der Waals surface area contributed by atoms with E-state index in [2.05, 4.69) is 32.6 Å². The Morgan fingerprint density at radius 3 is 3.00 bits per heavy atom. The summed E-state index contributed by atoms with van der Waals surface area (Å²) in [6.45, 7) is 0.658. The topological polar surface area (TPSA) is 80.9 Å². The van der Waals surface area contributed by atoms with Crippen LogP contribution < -0.4 is 5.32 Å². The number of pyridine rings is 1. The van der Waals surface area contributed by atoms with Crippen LogP contribution in [0.2, 0.25) is 0 Å². The summed E-state index contributed by atoms with van der Waals surface area (Å²) < 4.78 is 5.03. The van der Waals surface area contributed by atoms with Crippen molar-refractivity contribution < 1.29 is 9.32 Å². The number of aromatic nitrogens is 3. The largest absolute Gasteiger partial charge is 0.348 e.